The molecular weight excluding hydrogens is 306 g/mol. The van der Waals surface area contributed by atoms with E-state index in [1.807, 2.05) is 0 Å². The largest absolute Gasteiger partial charge is 0.458 e. The van der Waals surface area contributed by atoms with Crippen LogP contribution in [0.2, 0.25) is 0 Å². The van der Waals surface area contributed by atoms with E-state index in [0.717, 1.165) is 0 Å². The highest BCUT2D eigenvalue weighted by Crippen LogP contribution is 2.29. The summed E-state index contributed by atoms with van der Waals surface area (Å²) in [7, 11) is 1.43. The van der Waals surface area contributed by atoms with E-state index >= 15 is 0 Å². The lowest BCUT2D eigenvalue weighted by Gasteiger charge is -2.28. The quantitative estimate of drug-likeness (QED) is 0.572. The van der Waals surface area contributed by atoms with Crippen LogP contribution in [-0.2, 0) is 24.0 Å². The number of fused-ring (bicyclic) bond motifs is 2. The van der Waals surface area contributed by atoms with Gasteiger partial charge in [0.2, 0.25) is 0 Å². The Morgan fingerprint density at radius 1 is 1.30 bits per heavy atom. The van der Waals surface area contributed by atoms with Crippen molar-refractivity contribution in [1.82, 2.24) is 15.4 Å². The maximum absolute atomic E-state index is 12.2. The van der Waals surface area contributed by atoms with Gasteiger partial charge in [-0.25, -0.2) is 15.1 Å². The van der Waals surface area contributed by atoms with Gasteiger partial charge in [-0.05, 0) is 33.6 Å². The standard InChI is InChI=1S/C14H23N3O6/c1-14(2,3)23-11(18)8-22-15-12(19)10-6-5-9-7-16(10)13(20)17(9)21-4/h9-10H,5-8H2,1-4H3,(H,15,19)/t9-,10+/m1/s1. The fourth-order valence-corrected chi connectivity index (χ4v) is 2.74. The summed E-state index contributed by atoms with van der Waals surface area (Å²) in [6.45, 7) is 5.26. The molecule has 0 aliphatic carbocycles. The molecule has 2 aliphatic rings. The van der Waals surface area contributed by atoms with Crippen molar-refractivity contribution >= 4 is 17.9 Å². The molecule has 2 fully saturated rings. The monoisotopic (exact) mass is 329 g/mol. The highest BCUT2D eigenvalue weighted by molar-refractivity contribution is 5.88. The highest BCUT2D eigenvalue weighted by Gasteiger charge is 2.47. The summed E-state index contributed by atoms with van der Waals surface area (Å²) in [5.41, 5.74) is 1.60. The fourth-order valence-electron chi connectivity index (χ4n) is 2.74. The molecule has 0 saturated carbocycles. The van der Waals surface area contributed by atoms with E-state index in [1.165, 1.54) is 17.1 Å². The first-order valence-electron chi connectivity index (χ1n) is 7.50. The van der Waals surface area contributed by atoms with Crippen LogP contribution >= 0.6 is 0 Å². The smallest absolute Gasteiger partial charge is 0.345 e. The van der Waals surface area contributed by atoms with Gasteiger partial charge in [0.05, 0.1) is 13.2 Å². The van der Waals surface area contributed by atoms with Crippen molar-refractivity contribution in [2.75, 3.05) is 20.3 Å². The number of ether oxygens (including phenoxy) is 1. The van der Waals surface area contributed by atoms with E-state index in [-0.39, 0.29) is 12.1 Å². The molecule has 2 aliphatic heterocycles. The Morgan fingerprint density at radius 3 is 2.61 bits per heavy atom. The molecule has 0 aromatic carbocycles. The van der Waals surface area contributed by atoms with Gasteiger partial charge in [0.15, 0.2) is 6.61 Å². The molecule has 0 spiro atoms. The second-order valence-corrected chi connectivity index (χ2v) is 6.53. The molecule has 0 aromatic rings. The predicted octanol–water partition coefficient (Wildman–Crippen LogP) is 0.206. The van der Waals surface area contributed by atoms with Crippen LogP contribution in [0, 0.1) is 0 Å². The zero-order valence-electron chi connectivity index (χ0n) is 13.8. The predicted molar refractivity (Wildman–Crippen MR) is 77.7 cm³/mol. The van der Waals surface area contributed by atoms with Gasteiger partial charge in [-0.2, -0.15) is 5.06 Å². The van der Waals surface area contributed by atoms with E-state index < -0.39 is 30.1 Å². The van der Waals surface area contributed by atoms with E-state index in [2.05, 4.69) is 5.48 Å². The minimum Gasteiger partial charge on any atom is -0.458 e. The van der Waals surface area contributed by atoms with Gasteiger partial charge in [0, 0.05) is 6.54 Å². The van der Waals surface area contributed by atoms with Crippen LogP contribution in [0.3, 0.4) is 0 Å². The number of nitrogens with zero attached hydrogens (tertiary/aromatic N) is 2. The Balaban J connectivity index is 1.81. The molecule has 2 saturated heterocycles. The van der Waals surface area contributed by atoms with Crippen LogP contribution in [0.4, 0.5) is 4.79 Å². The average Bonchev–Trinajstić information content (AvgIpc) is 2.68. The van der Waals surface area contributed by atoms with Gasteiger partial charge >= 0.3 is 12.0 Å². The van der Waals surface area contributed by atoms with Crippen LogP contribution in [0.5, 0.6) is 0 Å². The van der Waals surface area contributed by atoms with Crippen molar-refractivity contribution in [2.24, 2.45) is 0 Å². The lowest BCUT2D eigenvalue weighted by atomic mass is 10.0. The molecule has 9 heteroatoms. The third-order valence-corrected chi connectivity index (χ3v) is 3.61. The van der Waals surface area contributed by atoms with E-state index in [9.17, 15) is 14.4 Å². The zero-order chi connectivity index (χ0) is 17.2. The summed E-state index contributed by atoms with van der Waals surface area (Å²) in [4.78, 5) is 47.1. The van der Waals surface area contributed by atoms with Gasteiger partial charge in [0.1, 0.15) is 11.6 Å². The van der Waals surface area contributed by atoms with Crippen LogP contribution < -0.4 is 5.48 Å². The van der Waals surface area contributed by atoms with Crippen molar-refractivity contribution < 1.29 is 28.8 Å². The summed E-state index contributed by atoms with van der Waals surface area (Å²) in [5, 5.41) is 1.29. The summed E-state index contributed by atoms with van der Waals surface area (Å²) >= 11 is 0. The number of carbonyl (C=O) groups excluding carboxylic acids is 3. The molecule has 1 N–H and O–H groups in total. The first-order valence-corrected chi connectivity index (χ1v) is 7.50. The van der Waals surface area contributed by atoms with Gasteiger partial charge in [-0.1, -0.05) is 0 Å². The van der Waals surface area contributed by atoms with Gasteiger partial charge in [-0.15, -0.1) is 0 Å². The number of hydroxylamine groups is 3. The Labute approximate surface area is 134 Å². The van der Waals surface area contributed by atoms with Crippen molar-refractivity contribution in [1.29, 1.82) is 0 Å². The molecule has 23 heavy (non-hydrogen) atoms. The minimum absolute atomic E-state index is 0.0285. The molecular formula is C14H23N3O6. The molecule has 130 valence electrons. The molecule has 0 radical (unpaired) electrons. The summed E-state index contributed by atoms with van der Waals surface area (Å²) < 4.78 is 5.06. The second kappa shape index (κ2) is 6.71. The van der Waals surface area contributed by atoms with Crippen LogP contribution in [0.25, 0.3) is 0 Å². The van der Waals surface area contributed by atoms with Crippen molar-refractivity contribution in [3.05, 3.63) is 0 Å². The Morgan fingerprint density at radius 2 is 2.00 bits per heavy atom. The van der Waals surface area contributed by atoms with E-state index in [0.29, 0.717) is 19.4 Å². The zero-order valence-corrected chi connectivity index (χ0v) is 13.8. The minimum atomic E-state index is -0.627. The van der Waals surface area contributed by atoms with Gasteiger partial charge in [0.25, 0.3) is 5.91 Å². The number of amides is 3. The number of piperidine rings is 1. The van der Waals surface area contributed by atoms with Crippen LogP contribution in [0.1, 0.15) is 33.6 Å². The fraction of sp³-hybridized carbons (Fsp3) is 0.786. The first-order chi connectivity index (χ1) is 10.7. The summed E-state index contributed by atoms with van der Waals surface area (Å²) in [6, 6.07) is -0.987. The number of hydrogen-bond donors (Lipinski definition) is 1. The lowest BCUT2D eigenvalue weighted by Crippen LogP contribution is -2.50. The highest BCUT2D eigenvalue weighted by atomic mass is 16.7. The second-order valence-electron chi connectivity index (χ2n) is 6.53. The normalized spacial score (nSPS) is 23.9. The Kier molecular flexibility index (Phi) is 5.10. The van der Waals surface area contributed by atoms with Gasteiger partial charge < -0.3 is 9.64 Å². The average molecular weight is 329 g/mol. The SMILES string of the molecule is CON1C(=O)N2C[C@H]1CC[C@H]2C(=O)NOCC(=O)OC(C)(C)C. The number of hydrogen-bond acceptors (Lipinski definition) is 6. The number of nitrogens with one attached hydrogen (secondary N) is 1. The maximum Gasteiger partial charge on any atom is 0.345 e. The molecule has 2 atom stereocenters. The van der Waals surface area contributed by atoms with Gasteiger partial charge in [-0.3, -0.25) is 14.5 Å². The molecule has 0 aromatic heterocycles. The lowest BCUT2D eigenvalue weighted by molar-refractivity contribution is -0.165. The van der Waals surface area contributed by atoms with Crippen LogP contribution in [-0.4, -0.2) is 65.8 Å². The van der Waals surface area contributed by atoms with Crippen molar-refractivity contribution in [3.8, 4) is 0 Å². The third kappa shape index (κ3) is 4.11. The van der Waals surface area contributed by atoms with E-state index in [1.54, 1.807) is 20.8 Å². The number of rotatable bonds is 5. The molecule has 0 unspecified atom stereocenters. The first kappa shape index (κ1) is 17.5. The number of carbonyl (C=O) groups is 3. The van der Waals surface area contributed by atoms with Crippen molar-refractivity contribution in [3.63, 3.8) is 0 Å². The summed E-state index contributed by atoms with van der Waals surface area (Å²) in [6.07, 6.45) is 1.18. The van der Waals surface area contributed by atoms with Crippen molar-refractivity contribution in [2.45, 2.75) is 51.3 Å². The Bertz CT molecular complexity index is 489. The molecule has 2 bridgehead atoms. The van der Waals surface area contributed by atoms with Crippen LogP contribution in [0.15, 0.2) is 0 Å². The van der Waals surface area contributed by atoms with E-state index in [4.69, 9.17) is 14.4 Å². The Hall–Kier alpha value is -1.87. The maximum atomic E-state index is 12.2. The summed E-state index contributed by atoms with van der Waals surface area (Å²) in [5.74, 6) is -1.04. The topological polar surface area (TPSA) is 97.4 Å². The molecule has 2 rings (SSSR count). The molecule has 9 nitrogen and oxygen atoms in total. The third-order valence-electron chi connectivity index (χ3n) is 3.61. The number of esters is 1. The molecule has 2 heterocycles. The molecule has 3 amide bonds. The number of urea groups is 1.